The van der Waals surface area contributed by atoms with Gasteiger partial charge in [-0.25, -0.2) is 0 Å². The van der Waals surface area contributed by atoms with Crippen LogP contribution in [0.2, 0.25) is 0 Å². The summed E-state index contributed by atoms with van der Waals surface area (Å²) in [6.45, 7) is 7.94. The van der Waals surface area contributed by atoms with Crippen molar-refractivity contribution >= 4 is 0 Å². The summed E-state index contributed by atoms with van der Waals surface area (Å²) in [4.78, 5) is 0. The van der Waals surface area contributed by atoms with Crippen LogP contribution in [0, 0.1) is 0 Å². The fraction of sp³-hybridized carbons (Fsp3) is 1.00. The lowest BCUT2D eigenvalue weighted by molar-refractivity contribution is 0.503. The molecule has 0 aromatic heterocycles. The van der Waals surface area contributed by atoms with Gasteiger partial charge in [-0.3, -0.25) is 0 Å². The van der Waals surface area contributed by atoms with Gasteiger partial charge in [-0.2, -0.15) is 0 Å². The molecule has 0 radical (unpaired) electrons. The average molecular weight is 188 g/mol. The van der Waals surface area contributed by atoms with Gasteiger partial charge < -0.3 is 21.7 Å². The van der Waals surface area contributed by atoms with E-state index in [0.717, 1.165) is 19.6 Å². The zero-order valence-electron chi connectivity index (χ0n) is 9.06. The predicted octanol–water partition coefficient (Wildman–Crippen LogP) is -0.879. The van der Waals surface area contributed by atoms with Crippen LogP contribution in [0.25, 0.3) is 0 Å². The summed E-state index contributed by atoms with van der Waals surface area (Å²) in [6, 6.07) is 0.954. The summed E-state index contributed by atoms with van der Waals surface area (Å²) in [5.74, 6) is 0. The van der Waals surface area contributed by atoms with Gasteiger partial charge in [-0.15, -0.1) is 0 Å². The van der Waals surface area contributed by atoms with Crippen molar-refractivity contribution in [3.8, 4) is 0 Å². The lowest BCUT2D eigenvalue weighted by Gasteiger charge is -2.13. The SMILES string of the molecule is CNC(C)CNCCNC(C)CN. The summed E-state index contributed by atoms with van der Waals surface area (Å²) in [5, 5.41) is 9.84. The van der Waals surface area contributed by atoms with Crippen LogP contribution in [0.5, 0.6) is 0 Å². The summed E-state index contributed by atoms with van der Waals surface area (Å²) >= 11 is 0. The molecule has 0 aliphatic heterocycles. The molecule has 0 saturated heterocycles. The molecule has 80 valence electrons. The molecule has 0 aromatic rings. The lowest BCUT2D eigenvalue weighted by Crippen LogP contribution is -2.40. The van der Waals surface area contributed by atoms with Crippen molar-refractivity contribution in [3.63, 3.8) is 0 Å². The van der Waals surface area contributed by atoms with Gasteiger partial charge in [0.05, 0.1) is 0 Å². The molecule has 2 unspecified atom stereocenters. The highest BCUT2D eigenvalue weighted by molar-refractivity contribution is 4.64. The Labute approximate surface area is 81.6 Å². The summed E-state index contributed by atoms with van der Waals surface area (Å²) in [5.41, 5.74) is 5.46. The molecule has 4 nitrogen and oxygen atoms in total. The third-order valence-electron chi connectivity index (χ3n) is 2.09. The molecule has 0 rings (SSSR count). The maximum Gasteiger partial charge on any atom is 0.0162 e. The van der Waals surface area contributed by atoms with Gasteiger partial charge in [-0.1, -0.05) is 0 Å². The number of hydrogen-bond donors (Lipinski definition) is 4. The fourth-order valence-electron chi connectivity index (χ4n) is 0.911. The van der Waals surface area contributed by atoms with Crippen LogP contribution in [0.3, 0.4) is 0 Å². The van der Waals surface area contributed by atoms with Crippen LogP contribution in [-0.2, 0) is 0 Å². The molecule has 0 spiro atoms. The Kier molecular flexibility index (Phi) is 8.33. The van der Waals surface area contributed by atoms with Gasteiger partial charge in [0.15, 0.2) is 0 Å². The second-order valence-electron chi connectivity index (χ2n) is 3.48. The second-order valence-corrected chi connectivity index (χ2v) is 3.48. The van der Waals surface area contributed by atoms with E-state index in [1.165, 1.54) is 0 Å². The van der Waals surface area contributed by atoms with Crippen molar-refractivity contribution in [1.29, 1.82) is 0 Å². The van der Waals surface area contributed by atoms with Crippen molar-refractivity contribution < 1.29 is 0 Å². The molecule has 0 saturated carbocycles. The minimum Gasteiger partial charge on any atom is -0.329 e. The van der Waals surface area contributed by atoms with E-state index in [2.05, 4.69) is 29.8 Å². The van der Waals surface area contributed by atoms with E-state index in [4.69, 9.17) is 5.73 Å². The zero-order chi connectivity index (χ0) is 10.1. The molecule has 2 atom stereocenters. The molecule has 5 N–H and O–H groups in total. The molecule has 0 bridgehead atoms. The van der Waals surface area contributed by atoms with E-state index in [1.807, 2.05) is 7.05 Å². The summed E-state index contributed by atoms with van der Waals surface area (Å²) in [7, 11) is 1.97. The smallest absolute Gasteiger partial charge is 0.0162 e. The average Bonchev–Trinajstić information content (AvgIpc) is 2.16. The Hall–Kier alpha value is -0.160. The van der Waals surface area contributed by atoms with Gasteiger partial charge in [0, 0.05) is 38.3 Å². The van der Waals surface area contributed by atoms with Gasteiger partial charge in [0.1, 0.15) is 0 Å². The van der Waals surface area contributed by atoms with Gasteiger partial charge in [0.2, 0.25) is 0 Å². The topological polar surface area (TPSA) is 62.1 Å². The van der Waals surface area contributed by atoms with Crippen molar-refractivity contribution in [1.82, 2.24) is 16.0 Å². The minimum absolute atomic E-state index is 0.420. The fourth-order valence-corrected chi connectivity index (χ4v) is 0.911. The van der Waals surface area contributed by atoms with E-state index in [-0.39, 0.29) is 0 Å². The van der Waals surface area contributed by atoms with Crippen molar-refractivity contribution in [2.24, 2.45) is 5.73 Å². The Morgan fingerprint density at radius 3 is 2.38 bits per heavy atom. The third-order valence-corrected chi connectivity index (χ3v) is 2.09. The quantitative estimate of drug-likeness (QED) is 0.374. The molecule has 0 amide bonds. The van der Waals surface area contributed by atoms with Gasteiger partial charge in [-0.05, 0) is 20.9 Å². The van der Waals surface area contributed by atoms with E-state index in [9.17, 15) is 0 Å². The summed E-state index contributed by atoms with van der Waals surface area (Å²) in [6.07, 6.45) is 0. The van der Waals surface area contributed by atoms with Crippen LogP contribution >= 0.6 is 0 Å². The lowest BCUT2D eigenvalue weighted by atomic mass is 10.3. The summed E-state index contributed by atoms with van der Waals surface area (Å²) < 4.78 is 0. The predicted molar refractivity (Wildman–Crippen MR) is 57.9 cm³/mol. The van der Waals surface area contributed by atoms with Crippen LogP contribution in [0.1, 0.15) is 13.8 Å². The highest BCUT2D eigenvalue weighted by Gasteiger charge is 1.97. The van der Waals surface area contributed by atoms with Crippen molar-refractivity contribution in [3.05, 3.63) is 0 Å². The Morgan fingerprint density at radius 2 is 1.85 bits per heavy atom. The number of likely N-dealkylation sites (N-methyl/N-ethyl adjacent to an activating group) is 1. The van der Waals surface area contributed by atoms with E-state index in [0.29, 0.717) is 18.6 Å². The molecule has 0 heterocycles. The second kappa shape index (κ2) is 8.44. The Morgan fingerprint density at radius 1 is 1.15 bits per heavy atom. The number of nitrogens with two attached hydrogens (primary N) is 1. The molecule has 0 fully saturated rings. The maximum atomic E-state index is 5.46. The molecule has 13 heavy (non-hydrogen) atoms. The molecular weight excluding hydrogens is 164 g/mol. The molecular formula is C9H24N4. The van der Waals surface area contributed by atoms with Gasteiger partial charge >= 0.3 is 0 Å². The van der Waals surface area contributed by atoms with E-state index in [1.54, 1.807) is 0 Å². The first-order chi connectivity index (χ1) is 6.20. The van der Waals surface area contributed by atoms with Crippen molar-refractivity contribution in [2.75, 3.05) is 33.2 Å². The van der Waals surface area contributed by atoms with E-state index < -0.39 is 0 Å². The highest BCUT2D eigenvalue weighted by atomic mass is 15.0. The Bertz CT molecular complexity index is 95.8. The molecule has 0 aliphatic carbocycles. The van der Waals surface area contributed by atoms with Crippen molar-refractivity contribution in [2.45, 2.75) is 25.9 Å². The minimum atomic E-state index is 0.420. The number of rotatable bonds is 8. The first-order valence-corrected chi connectivity index (χ1v) is 5.02. The van der Waals surface area contributed by atoms with Crippen LogP contribution in [0.4, 0.5) is 0 Å². The maximum absolute atomic E-state index is 5.46. The third kappa shape index (κ3) is 8.18. The first-order valence-electron chi connectivity index (χ1n) is 5.02. The van der Waals surface area contributed by atoms with E-state index >= 15 is 0 Å². The largest absolute Gasteiger partial charge is 0.329 e. The monoisotopic (exact) mass is 188 g/mol. The molecule has 4 heteroatoms. The highest BCUT2D eigenvalue weighted by Crippen LogP contribution is 1.76. The standard InChI is InChI=1S/C9H24N4/c1-8(6-10)13-5-4-12-7-9(2)11-3/h8-9,11-13H,4-7,10H2,1-3H3. The number of hydrogen-bond acceptors (Lipinski definition) is 4. The first kappa shape index (κ1) is 12.8. The Balaban J connectivity index is 3.08. The molecule has 0 aromatic carbocycles. The van der Waals surface area contributed by atoms with Crippen LogP contribution in [0.15, 0.2) is 0 Å². The van der Waals surface area contributed by atoms with Gasteiger partial charge in [0.25, 0.3) is 0 Å². The molecule has 0 aliphatic rings. The van der Waals surface area contributed by atoms with Crippen LogP contribution < -0.4 is 21.7 Å². The normalized spacial score (nSPS) is 15.7. The van der Waals surface area contributed by atoms with Crippen LogP contribution in [-0.4, -0.2) is 45.3 Å². The zero-order valence-corrected chi connectivity index (χ0v) is 9.06. The number of nitrogens with one attached hydrogen (secondary N) is 3.